The van der Waals surface area contributed by atoms with Crippen LogP contribution >= 0.6 is 0 Å². The van der Waals surface area contributed by atoms with Gasteiger partial charge in [0.1, 0.15) is 17.4 Å². The number of amides is 2. The molecule has 10 heteroatoms. The Kier molecular flexibility index (Phi) is 9.22. The molecule has 0 radical (unpaired) electrons. The fourth-order valence-corrected chi connectivity index (χ4v) is 5.00. The van der Waals surface area contributed by atoms with E-state index in [1.807, 2.05) is 24.3 Å². The van der Waals surface area contributed by atoms with Crippen molar-refractivity contribution in [3.63, 3.8) is 0 Å². The zero-order valence-corrected chi connectivity index (χ0v) is 24.7. The van der Waals surface area contributed by atoms with Gasteiger partial charge in [-0.15, -0.1) is 0 Å². The summed E-state index contributed by atoms with van der Waals surface area (Å²) in [4.78, 5) is 52.2. The van der Waals surface area contributed by atoms with Crippen LogP contribution in [0.2, 0.25) is 18.1 Å². The van der Waals surface area contributed by atoms with Crippen molar-refractivity contribution in [2.45, 2.75) is 90.1 Å². The summed E-state index contributed by atoms with van der Waals surface area (Å²) in [7, 11) is 0.405. The summed E-state index contributed by atoms with van der Waals surface area (Å²) in [6.45, 7) is 15.8. The predicted molar refractivity (Wildman–Crippen MR) is 141 cm³/mol. The number of hydrogen-bond acceptors (Lipinski definition) is 8. The number of ether oxygens (including phenoxy) is 3. The van der Waals surface area contributed by atoms with Gasteiger partial charge in [-0.3, -0.25) is 9.59 Å². The van der Waals surface area contributed by atoms with Crippen molar-refractivity contribution >= 4 is 32.3 Å². The lowest BCUT2D eigenvalue weighted by Crippen LogP contribution is -2.46. The molecule has 9 nitrogen and oxygen atoms in total. The van der Waals surface area contributed by atoms with Gasteiger partial charge in [0.2, 0.25) is 14.2 Å². The number of esters is 2. The monoisotopic (exact) mass is 535 g/mol. The van der Waals surface area contributed by atoms with Crippen LogP contribution in [-0.4, -0.2) is 63.0 Å². The number of rotatable bonds is 7. The zero-order valence-electron chi connectivity index (χ0n) is 23.7. The third kappa shape index (κ3) is 7.34. The molecule has 1 aromatic rings. The van der Waals surface area contributed by atoms with Crippen LogP contribution in [-0.2, 0) is 28.6 Å². The molecule has 2 rings (SSSR count). The number of methoxy groups -OCH3 is 2. The Hall–Kier alpha value is -2.88. The van der Waals surface area contributed by atoms with Crippen molar-refractivity contribution in [3.8, 4) is 5.75 Å². The minimum absolute atomic E-state index is 0.00533. The molecule has 0 aliphatic carbocycles. The fourth-order valence-electron chi connectivity index (χ4n) is 3.97. The lowest BCUT2D eigenvalue weighted by molar-refractivity contribution is -0.149. The van der Waals surface area contributed by atoms with Gasteiger partial charge in [-0.25, -0.2) is 14.5 Å². The van der Waals surface area contributed by atoms with Crippen LogP contribution in [0.15, 0.2) is 24.3 Å². The summed E-state index contributed by atoms with van der Waals surface area (Å²) in [6.07, 6.45) is -1.04. The molecule has 0 bridgehead atoms. The topological polar surface area (TPSA) is 108 Å². The molecular weight excluding hydrogens is 494 g/mol. The number of hydrogen-bond donors (Lipinski definition) is 0. The second kappa shape index (κ2) is 11.2. The van der Waals surface area contributed by atoms with Crippen LogP contribution in [0.5, 0.6) is 5.75 Å². The summed E-state index contributed by atoms with van der Waals surface area (Å²) in [5.41, 5.74) is -0.178. The quantitative estimate of drug-likeness (QED) is 0.271. The first-order valence-electron chi connectivity index (χ1n) is 12.4. The summed E-state index contributed by atoms with van der Waals surface area (Å²) in [6, 6.07) is 6.12. The summed E-state index contributed by atoms with van der Waals surface area (Å²) >= 11 is 0. The molecule has 1 saturated heterocycles. The Morgan fingerprint density at radius 3 is 2.03 bits per heavy atom. The SMILES string of the molecule is COC(=O)CC(c1ccc(O[Si](C)(C)C(C)(C)C)cc1)[C@@H]1C[C@@H](C(=O)OC)N(C(=O)OC(C)(C)C)C1=O. The van der Waals surface area contributed by atoms with Crippen molar-refractivity contribution in [1.82, 2.24) is 4.90 Å². The largest absolute Gasteiger partial charge is 0.544 e. The standard InChI is InChI=1S/C27H41NO8Si/c1-26(2,3)35-25(32)28-21(24(31)34-8)15-20(23(28)30)19(16-22(29)33-7)17-11-13-18(14-12-17)36-37(9,10)27(4,5)6/h11-14,19-21H,15-16H2,1-10H3/t19?,20-,21-/m0/s1. The van der Waals surface area contributed by atoms with Crippen LogP contribution in [0.4, 0.5) is 4.79 Å². The smallest absolute Gasteiger partial charge is 0.417 e. The first kappa shape index (κ1) is 30.3. The van der Waals surface area contributed by atoms with Gasteiger partial charge in [-0.2, -0.15) is 0 Å². The van der Waals surface area contributed by atoms with E-state index >= 15 is 0 Å². The van der Waals surface area contributed by atoms with Gasteiger partial charge in [0.15, 0.2) is 0 Å². The maximum absolute atomic E-state index is 13.6. The maximum Gasteiger partial charge on any atom is 0.417 e. The molecule has 1 heterocycles. The second-order valence-electron chi connectivity index (χ2n) is 11.9. The van der Waals surface area contributed by atoms with E-state index in [1.54, 1.807) is 20.8 Å². The van der Waals surface area contributed by atoms with Crippen LogP contribution in [0.3, 0.4) is 0 Å². The number of imide groups is 1. The highest BCUT2D eigenvalue weighted by molar-refractivity contribution is 6.74. The van der Waals surface area contributed by atoms with E-state index in [0.29, 0.717) is 11.3 Å². The van der Waals surface area contributed by atoms with E-state index in [0.717, 1.165) is 4.90 Å². The molecule has 0 N–H and O–H groups in total. The highest BCUT2D eigenvalue weighted by Gasteiger charge is 2.51. The van der Waals surface area contributed by atoms with E-state index in [1.165, 1.54) is 14.2 Å². The van der Waals surface area contributed by atoms with E-state index < -0.39 is 55.7 Å². The Bertz CT molecular complexity index is 1010. The Labute approximate surface area is 220 Å². The Morgan fingerprint density at radius 2 is 1.57 bits per heavy atom. The summed E-state index contributed by atoms with van der Waals surface area (Å²) in [5.74, 6) is -2.61. The van der Waals surface area contributed by atoms with Gasteiger partial charge in [0.25, 0.3) is 0 Å². The third-order valence-electron chi connectivity index (χ3n) is 6.99. The van der Waals surface area contributed by atoms with Gasteiger partial charge in [0, 0.05) is 11.8 Å². The molecule has 1 aromatic carbocycles. The first-order chi connectivity index (χ1) is 16.9. The van der Waals surface area contributed by atoms with Crippen molar-refractivity contribution in [2.24, 2.45) is 5.92 Å². The second-order valence-corrected chi connectivity index (χ2v) is 16.6. The fraction of sp³-hybridized carbons (Fsp3) is 0.630. The lowest BCUT2D eigenvalue weighted by atomic mass is 9.81. The van der Waals surface area contributed by atoms with Crippen LogP contribution < -0.4 is 4.43 Å². The molecule has 1 unspecified atom stereocenters. The van der Waals surface area contributed by atoms with Crippen LogP contribution in [0, 0.1) is 5.92 Å². The molecule has 37 heavy (non-hydrogen) atoms. The minimum Gasteiger partial charge on any atom is -0.544 e. The molecule has 1 fully saturated rings. The van der Waals surface area contributed by atoms with Crippen molar-refractivity contribution in [1.29, 1.82) is 0 Å². The van der Waals surface area contributed by atoms with Crippen LogP contribution in [0.25, 0.3) is 0 Å². The molecule has 0 spiro atoms. The first-order valence-corrected chi connectivity index (χ1v) is 15.3. The number of benzene rings is 1. The molecule has 2 amide bonds. The van der Waals surface area contributed by atoms with Crippen LogP contribution in [0.1, 0.15) is 65.9 Å². The van der Waals surface area contributed by atoms with Gasteiger partial charge in [-0.1, -0.05) is 32.9 Å². The number of likely N-dealkylation sites (tertiary alicyclic amines) is 1. The average molecular weight is 536 g/mol. The van der Waals surface area contributed by atoms with Gasteiger partial charge in [0.05, 0.1) is 20.6 Å². The maximum atomic E-state index is 13.6. The molecule has 0 saturated carbocycles. The Balaban J connectivity index is 2.44. The van der Waals surface area contributed by atoms with E-state index in [-0.39, 0.29) is 17.9 Å². The van der Waals surface area contributed by atoms with Gasteiger partial charge >= 0.3 is 18.0 Å². The van der Waals surface area contributed by atoms with Crippen molar-refractivity contribution in [3.05, 3.63) is 29.8 Å². The number of carbonyl (C=O) groups is 4. The van der Waals surface area contributed by atoms with E-state index in [9.17, 15) is 19.2 Å². The minimum atomic E-state index is -2.06. The van der Waals surface area contributed by atoms with Crippen molar-refractivity contribution < 1.29 is 37.8 Å². The molecule has 3 atom stereocenters. The van der Waals surface area contributed by atoms with Crippen molar-refractivity contribution in [2.75, 3.05) is 14.2 Å². The summed E-state index contributed by atoms with van der Waals surface area (Å²) in [5, 5.41) is 0.0172. The molecular formula is C27H41NO8Si. The highest BCUT2D eigenvalue weighted by Crippen LogP contribution is 2.41. The predicted octanol–water partition coefficient (Wildman–Crippen LogP) is 5.04. The van der Waals surface area contributed by atoms with Gasteiger partial charge in [-0.05, 0) is 63.0 Å². The van der Waals surface area contributed by atoms with E-state index in [4.69, 9.17) is 18.6 Å². The average Bonchev–Trinajstić information content (AvgIpc) is 3.12. The zero-order chi connectivity index (χ0) is 28.3. The van der Waals surface area contributed by atoms with Gasteiger partial charge < -0.3 is 18.6 Å². The normalized spacial score (nSPS) is 19.3. The van der Waals surface area contributed by atoms with E-state index in [2.05, 4.69) is 33.9 Å². The Morgan fingerprint density at radius 1 is 1.00 bits per heavy atom. The lowest BCUT2D eigenvalue weighted by Gasteiger charge is -2.36. The molecule has 0 aromatic heterocycles. The molecule has 206 valence electrons. The molecule has 1 aliphatic rings. The number of nitrogens with zero attached hydrogens (tertiary/aromatic N) is 1. The third-order valence-corrected chi connectivity index (χ3v) is 11.4. The molecule has 1 aliphatic heterocycles. The number of carbonyl (C=O) groups excluding carboxylic acids is 4. The highest BCUT2D eigenvalue weighted by atomic mass is 28.4. The summed E-state index contributed by atoms with van der Waals surface area (Å²) < 4.78 is 21.5.